The van der Waals surface area contributed by atoms with E-state index in [0.29, 0.717) is 19.3 Å². The molecule has 3 heteroatoms. The van der Waals surface area contributed by atoms with Crippen LogP contribution in [0.4, 0.5) is 0 Å². The second-order valence-corrected chi connectivity index (χ2v) is 4.42. The maximum absolute atomic E-state index is 5.53. The Morgan fingerprint density at radius 1 is 1.11 bits per heavy atom. The van der Waals surface area contributed by atoms with Gasteiger partial charge in [0.2, 0.25) is 0 Å². The minimum atomic E-state index is 0.583. The highest BCUT2D eigenvalue weighted by atomic mass is 16.5. The summed E-state index contributed by atoms with van der Waals surface area (Å²) in [5.41, 5.74) is 0. The molecular weight excluding hydrogens is 226 g/mol. The molecule has 0 aliphatic rings. The standard InChI is InChI=1S/C15H25NO2/c1-3-7-14(2)16-10-11-17-12-13-18-15-8-5-4-6-9-15/h4-6,8-9,14,16H,3,7,10-13H2,1-2H3. The van der Waals surface area contributed by atoms with Gasteiger partial charge in [0, 0.05) is 12.6 Å². The fourth-order valence-electron chi connectivity index (χ4n) is 1.75. The molecule has 0 aliphatic carbocycles. The number of rotatable bonds is 10. The van der Waals surface area contributed by atoms with Crippen LogP contribution in [0.3, 0.4) is 0 Å². The first-order valence-electron chi connectivity index (χ1n) is 6.82. The molecule has 0 heterocycles. The van der Waals surface area contributed by atoms with E-state index >= 15 is 0 Å². The number of nitrogens with one attached hydrogen (secondary N) is 1. The predicted octanol–water partition coefficient (Wildman–Crippen LogP) is 2.86. The summed E-state index contributed by atoms with van der Waals surface area (Å²) in [6.07, 6.45) is 2.44. The summed E-state index contributed by atoms with van der Waals surface area (Å²) in [6.45, 7) is 7.31. The van der Waals surface area contributed by atoms with Gasteiger partial charge in [-0.25, -0.2) is 0 Å². The van der Waals surface area contributed by atoms with E-state index in [1.807, 2.05) is 30.3 Å². The average Bonchev–Trinajstić information content (AvgIpc) is 2.39. The van der Waals surface area contributed by atoms with E-state index in [9.17, 15) is 0 Å². The summed E-state index contributed by atoms with van der Waals surface area (Å²) >= 11 is 0. The van der Waals surface area contributed by atoms with Crippen LogP contribution < -0.4 is 10.1 Å². The van der Waals surface area contributed by atoms with E-state index in [1.165, 1.54) is 12.8 Å². The molecule has 102 valence electrons. The van der Waals surface area contributed by atoms with Gasteiger partial charge in [0.05, 0.1) is 13.2 Å². The van der Waals surface area contributed by atoms with Gasteiger partial charge in [-0.2, -0.15) is 0 Å². The summed E-state index contributed by atoms with van der Waals surface area (Å²) < 4.78 is 11.0. The van der Waals surface area contributed by atoms with Gasteiger partial charge >= 0.3 is 0 Å². The predicted molar refractivity (Wildman–Crippen MR) is 75.1 cm³/mol. The Bertz CT molecular complexity index is 290. The van der Waals surface area contributed by atoms with E-state index < -0.39 is 0 Å². The Morgan fingerprint density at radius 2 is 1.89 bits per heavy atom. The molecule has 0 bridgehead atoms. The molecule has 1 N–H and O–H groups in total. The first-order chi connectivity index (χ1) is 8.83. The number of hydrogen-bond acceptors (Lipinski definition) is 3. The van der Waals surface area contributed by atoms with Crippen molar-refractivity contribution in [1.29, 1.82) is 0 Å². The van der Waals surface area contributed by atoms with Crippen LogP contribution in [0.5, 0.6) is 5.75 Å². The van der Waals surface area contributed by atoms with Crippen molar-refractivity contribution in [3.8, 4) is 5.75 Å². The fourth-order valence-corrected chi connectivity index (χ4v) is 1.75. The van der Waals surface area contributed by atoms with Gasteiger partial charge in [0.15, 0.2) is 0 Å². The Balaban J connectivity index is 1.90. The lowest BCUT2D eigenvalue weighted by Gasteiger charge is -2.12. The minimum Gasteiger partial charge on any atom is -0.491 e. The lowest BCUT2D eigenvalue weighted by atomic mass is 10.2. The van der Waals surface area contributed by atoms with Gasteiger partial charge in [-0.05, 0) is 25.5 Å². The number of ether oxygens (including phenoxy) is 2. The topological polar surface area (TPSA) is 30.5 Å². The van der Waals surface area contributed by atoms with Crippen molar-refractivity contribution < 1.29 is 9.47 Å². The highest BCUT2D eigenvalue weighted by Crippen LogP contribution is 2.07. The zero-order valence-electron chi connectivity index (χ0n) is 11.5. The Labute approximate surface area is 110 Å². The third-order valence-electron chi connectivity index (χ3n) is 2.70. The molecule has 0 aliphatic heterocycles. The molecule has 0 amide bonds. The smallest absolute Gasteiger partial charge is 0.119 e. The van der Waals surface area contributed by atoms with Crippen LogP contribution in [0.2, 0.25) is 0 Å². The summed E-state index contributed by atoms with van der Waals surface area (Å²) in [6, 6.07) is 10.4. The molecule has 1 rings (SSSR count). The molecule has 18 heavy (non-hydrogen) atoms. The van der Waals surface area contributed by atoms with Gasteiger partial charge < -0.3 is 14.8 Å². The normalized spacial score (nSPS) is 12.3. The maximum Gasteiger partial charge on any atom is 0.119 e. The van der Waals surface area contributed by atoms with Crippen molar-refractivity contribution in [3.63, 3.8) is 0 Å². The van der Waals surface area contributed by atoms with Crippen molar-refractivity contribution >= 4 is 0 Å². The van der Waals surface area contributed by atoms with Gasteiger partial charge in [0.1, 0.15) is 12.4 Å². The molecule has 0 aromatic heterocycles. The molecule has 0 fully saturated rings. The summed E-state index contributed by atoms with van der Waals surface area (Å²) in [5.74, 6) is 0.899. The van der Waals surface area contributed by atoms with Gasteiger partial charge in [-0.15, -0.1) is 0 Å². The number of benzene rings is 1. The van der Waals surface area contributed by atoms with Crippen LogP contribution in [-0.2, 0) is 4.74 Å². The van der Waals surface area contributed by atoms with Crippen LogP contribution in [0.1, 0.15) is 26.7 Å². The molecule has 3 nitrogen and oxygen atoms in total. The van der Waals surface area contributed by atoms with Crippen molar-refractivity contribution in [2.24, 2.45) is 0 Å². The highest BCUT2D eigenvalue weighted by Gasteiger charge is 1.98. The summed E-state index contributed by atoms with van der Waals surface area (Å²) in [4.78, 5) is 0. The van der Waals surface area contributed by atoms with E-state index in [0.717, 1.165) is 18.9 Å². The van der Waals surface area contributed by atoms with Crippen LogP contribution >= 0.6 is 0 Å². The Morgan fingerprint density at radius 3 is 2.61 bits per heavy atom. The second kappa shape index (κ2) is 9.92. The van der Waals surface area contributed by atoms with E-state index in [4.69, 9.17) is 9.47 Å². The van der Waals surface area contributed by atoms with E-state index in [1.54, 1.807) is 0 Å². The number of para-hydroxylation sites is 1. The lowest BCUT2D eigenvalue weighted by Crippen LogP contribution is -2.29. The van der Waals surface area contributed by atoms with Crippen molar-refractivity contribution in [2.45, 2.75) is 32.7 Å². The molecule has 0 saturated heterocycles. The highest BCUT2D eigenvalue weighted by molar-refractivity contribution is 5.20. The largest absolute Gasteiger partial charge is 0.491 e. The van der Waals surface area contributed by atoms with Gasteiger partial charge in [0.25, 0.3) is 0 Å². The van der Waals surface area contributed by atoms with E-state index in [-0.39, 0.29) is 0 Å². The Hall–Kier alpha value is -1.06. The molecular formula is C15H25NO2. The van der Waals surface area contributed by atoms with Gasteiger partial charge in [-0.1, -0.05) is 31.5 Å². The number of hydrogen-bond donors (Lipinski definition) is 1. The molecule has 1 unspecified atom stereocenters. The van der Waals surface area contributed by atoms with E-state index in [2.05, 4.69) is 19.2 Å². The second-order valence-electron chi connectivity index (χ2n) is 4.42. The monoisotopic (exact) mass is 251 g/mol. The maximum atomic E-state index is 5.53. The zero-order chi connectivity index (χ0) is 13.1. The lowest BCUT2D eigenvalue weighted by molar-refractivity contribution is 0.100. The van der Waals surface area contributed by atoms with Crippen LogP contribution in [-0.4, -0.2) is 32.4 Å². The summed E-state index contributed by atoms with van der Waals surface area (Å²) in [5, 5.41) is 3.43. The average molecular weight is 251 g/mol. The Kier molecular flexibility index (Phi) is 8.26. The van der Waals surface area contributed by atoms with Crippen LogP contribution in [0.25, 0.3) is 0 Å². The molecule has 1 atom stereocenters. The SMILES string of the molecule is CCCC(C)NCCOCCOc1ccccc1. The van der Waals surface area contributed by atoms with Crippen molar-refractivity contribution in [2.75, 3.05) is 26.4 Å². The molecule has 1 aromatic carbocycles. The first kappa shape index (κ1) is 15.0. The van der Waals surface area contributed by atoms with Crippen LogP contribution in [0.15, 0.2) is 30.3 Å². The third kappa shape index (κ3) is 7.30. The quantitative estimate of drug-likeness (QED) is 0.649. The third-order valence-corrected chi connectivity index (χ3v) is 2.70. The molecule has 0 saturated carbocycles. The first-order valence-corrected chi connectivity index (χ1v) is 6.82. The fraction of sp³-hybridized carbons (Fsp3) is 0.600. The minimum absolute atomic E-state index is 0.583. The summed E-state index contributed by atoms with van der Waals surface area (Å²) in [7, 11) is 0. The molecule has 0 radical (unpaired) electrons. The zero-order valence-corrected chi connectivity index (χ0v) is 11.5. The van der Waals surface area contributed by atoms with Crippen molar-refractivity contribution in [3.05, 3.63) is 30.3 Å². The van der Waals surface area contributed by atoms with Gasteiger partial charge in [-0.3, -0.25) is 0 Å². The molecule has 1 aromatic rings. The molecule has 0 spiro atoms. The van der Waals surface area contributed by atoms with Crippen LogP contribution in [0, 0.1) is 0 Å². The van der Waals surface area contributed by atoms with Crippen molar-refractivity contribution in [1.82, 2.24) is 5.32 Å².